The Kier molecular flexibility index (Phi) is 12.1. The van der Waals surface area contributed by atoms with Crippen molar-refractivity contribution in [3.63, 3.8) is 0 Å². The van der Waals surface area contributed by atoms with Gasteiger partial charge < -0.3 is 24.6 Å². The van der Waals surface area contributed by atoms with E-state index in [9.17, 15) is 18.3 Å². The molecule has 0 saturated carbocycles. The average molecular weight is 693 g/mol. The summed E-state index contributed by atoms with van der Waals surface area (Å²) in [5.74, 6) is 0.436. The third kappa shape index (κ3) is 9.22. The molecule has 3 aromatic carbocycles. The lowest BCUT2D eigenvalue weighted by molar-refractivity contribution is -0.121. The van der Waals surface area contributed by atoms with Gasteiger partial charge >= 0.3 is 0 Å². The highest BCUT2D eigenvalue weighted by Crippen LogP contribution is 2.47. The molecule has 0 aromatic heterocycles. The number of carbonyl (C=O) groups excluding carboxylic acids is 1. The fraction of sp³-hybridized carbons (Fsp3) is 0.513. The minimum atomic E-state index is -3.93. The van der Waals surface area contributed by atoms with Gasteiger partial charge in [0.1, 0.15) is 23.2 Å². The zero-order valence-electron chi connectivity index (χ0n) is 29.4. The van der Waals surface area contributed by atoms with E-state index < -0.39 is 32.7 Å². The van der Waals surface area contributed by atoms with E-state index in [1.807, 2.05) is 30.3 Å². The number of nitrogens with one attached hydrogen (secondary N) is 1. The molecule has 266 valence electrons. The van der Waals surface area contributed by atoms with Crippen molar-refractivity contribution in [2.24, 2.45) is 5.92 Å². The van der Waals surface area contributed by atoms with Gasteiger partial charge in [0.05, 0.1) is 36.4 Å². The zero-order chi connectivity index (χ0) is 35.2. The van der Waals surface area contributed by atoms with Gasteiger partial charge in [-0.05, 0) is 61.6 Å². The number of benzene rings is 3. The summed E-state index contributed by atoms with van der Waals surface area (Å²) < 4.78 is 46.5. The number of aliphatic hydroxyl groups excluding tert-OH is 1. The smallest absolute Gasteiger partial charge is 0.224 e. The molecule has 0 radical (unpaired) electrons. The summed E-state index contributed by atoms with van der Waals surface area (Å²) in [6.07, 6.45) is 0.765. The van der Waals surface area contributed by atoms with Gasteiger partial charge in [0, 0.05) is 37.7 Å². The fourth-order valence-electron chi connectivity index (χ4n) is 6.98. The van der Waals surface area contributed by atoms with Gasteiger partial charge in [-0.25, -0.2) is 8.42 Å². The maximum absolute atomic E-state index is 14.5. The normalized spacial score (nSPS) is 21.4. The molecule has 2 aliphatic heterocycles. The quantitative estimate of drug-likeness (QED) is 0.227. The number of hydrogen-bond acceptors (Lipinski definition) is 8. The Labute approximate surface area is 291 Å². The minimum absolute atomic E-state index is 0.0978. The summed E-state index contributed by atoms with van der Waals surface area (Å²) in [4.78, 5) is 15.7. The SMILES string of the molecule is COc1cccc(S(=O)(=O)C(CCCC(C)C)C2c3cc(CC(=O)NCC4CN(Cc5ccccc5)CCO4)ccc3OC(C)(C)[C@H]2O)c1. The molecule has 2 N–H and O–H groups in total. The molecule has 5 rings (SSSR count). The van der Waals surface area contributed by atoms with E-state index in [2.05, 4.69) is 36.2 Å². The van der Waals surface area contributed by atoms with Crippen LogP contribution in [0.2, 0.25) is 0 Å². The molecular weight excluding hydrogens is 641 g/mol. The summed E-state index contributed by atoms with van der Waals surface area (Å²) in [7, 11) is -2.42. The molecule has 0 aliphatic carbocycles. The minimum Gasteiger partial charge on any atom is -0.497 e. The van der Waals surface area contributed by atoms with Gasteiger partial charge in [-0.1, -0.05) is 75.2 Å². The molecule has 9 nitrogen and oxygen atoms in total. The predicted octanol–water partition coefficient (Wildman–Crippen LogP) is 5.54. The van der Waals surface area contributed by atoms with E-state index in [0.29, 0.717) is 54.5 Å². The Balaban J connectivity index is 1.35. The number of methoxy groups -OCH3 is 1. The molecule has 4 atom stereocenters. The monoisotopic (exact) mass is 692 g/mol. The van der Waals surface area contributed by atoms with E-state index in [-0.39, 0.29) is 23.3 Å². The van der Waals surface area contributed by atoms with Crippen molar-refractivity contribution in [2.45, 2.75) is 93.8 Å². The average Bonchev–Trinajstić information content (AvgIpc) is 3.07. The van der Waals surface area contributed by atoms with Crippen molar-refractivity contribution in [3.8, 4) is 11.5 Å². The van der Waals surface area contributed by atoms with Crippen molar-refractivity contribution in [2.75, 3.05) is 33.4 Å². The van der Waals surface area contributed by atoms with Crippen LogP contribution in [0, 0.1) is 5.92 Å². The number of aliphatic hydroxyl groups is 1. The van der Waals surface area contributed by atoms with Gasteiger partial charge in [-0.2, -0.15) is 0 Å². The maximum atomic E-state index is 14.5. The highest BCUT2D eigenvalue weighted by Gasteiger charge is 2.50. The molecule has 10 heteroatoms. The standard InChI is InChI=1S/C39H52N2O7S/c1-27(2)11-9-16-35(49(44,45)32-15-10-14-30(23-32)46-5)37-33-21-29(17-18-34(33)48-39(3,4)38(37)43)22-36(42)40-24-31-26-41(19-20-47-31)25-28-12-7-6-8-13-28/h6-8,10,12-15,17-18,21,23,27,31,35,37-38,43H,9,11,16,19-20,22,24-26H2,1-5H3,(H,40,42)/t31?,35?,37?,38-/m0/s1. The lowest BCUT2D eigenvalue weighted by Crippen LogP contribution is -2.53. The van der Waals surface area contributed by atoms with Crippen LogP contribution in [-0.2, 0) is 32.3 Å². The number of rotatable bonds is 14. The van der Waals surface area contributed by atoms with E-state index in [4.69, 9.17) is 14.2 Å². The first-order valence-electron chi connectivity index (χ1n) is 17.4. The highest BCUT2D eigenvalue weighted by molar-refractivity contribution is 7.92. The van der Waals surface area contributed by atoms with Gasteiger partial charge in [0.2, 0.25) is 5.91 Å². The van der Waals surface area contributed by atoms with Crippen LogP contribution in [0.3, 0.4) is 0 Å². The lowest BCUT2D eigenvalue weighted by atomic mass is 9.77. The van der Waals surface area contributed by atoms with Crippen molar-refractivity contribution < 1.29 is 32.5 Å². The van der Waals surface area contributed by atoms with Crippen LogP contribution in [0.1, 0.15) is 69.6 Å². The number of hydrogen-bond donors (Lipinski definition) is 2. The van der Waals surface area contributed by atoms with E-state index >= 15 is 0 Å². The van der Waals surface area contributed by atoms with Crippen molar-refractivity contribution in [1.82, 2.24) is 10.2 Å². The Morgan fingerprint density at radius 3 is 2.55 bits per heavy atom. The second-order valence-electron chi connectivity index (χ2n) is 14.3. The van der Waals surface area contributed by atoms with Crippen LogP contribution < -0.4 is 14.8 Å². The number of morpholine rings is 1. The van der Waals surface area contributed by atoms with Gasteiger partial charge in [-0.3, -0.25) is 9.69 Å². The number of carbonyl (C=O) groups is 1. The van der Waals surface area contributed by atoms with Gasteiger partial charge in [0.15, 0.2) is 9.84 Å². The summed E-state index contributed by atoms with van der Waals surface area (Å²) in [6, 6.07) is 22.3. The molecular formula is C39H52N2O7S. The second kappa shape index (κ2) is 16.1. The predicted molar refractivity (Wildman–Crippen MR) is 191 cm³/mol. The first kappa shape index (κ1) is 36.8. The van der Waals surface area contributed by atoms with E-state index in [1.165, 1.54) is 12.7 Å². The van der Waals surface area contributed by atoms with Gasteiger partial charge in [0.25, 0.3) is 0 Å². The molecule has 1 saturated heterocycles. The molecule has 0 spiro atoms. The van der Waals surface area contributed by atoms with Crippen LogP contribution in [0.15, 0.2) is 77.7 Å². The van der Waals surface area contributed by atoms with Crippen LogP contribution in [-0.4, -0.2) is 80.7 Å². The molecule has 1 amide bonds. The van der Waals surface area contributed by atoms with Gasteiger partial charge in [-0.15, -0.1) is 0 Å². The Hall–Kier alpha value is -3.44. The first-order valence-corrected chi connectivity index (χ1v) is 18.9. The van der Waals surface area contributed by atoms with Crippen LogP contribution in [0.25, 0.3) is 0 Å². The van der Waals surface area contributed by atoms with E-state index in [1.54, 1.807) is 44.2 Å². The number of fused-ring (bicyclic) bond motifs is 1. The molecule has 2 aliphatic rings. The highest BCUT2D eigenvalue weighted by atomic mass is 32.2. The molecule has 3 unspecified atom stereocenters. The fourth-order valence-corrected chi connectivity index (χ4v) is 9.04. The number of sulfone groups is 1. The lowest BCUT2D eigenvalue weighted by Gasteiger charge is -2.45. The zero-order valence-corrected chi connectivity index (χ0v) is 30.2. The topological polar surface area (TPSA) is 114 Å². The molecule has 49 heavy (non-hydrogen) atoms. The number of nitrogens with zero attached hydrogens (tertiary/aromatic N) is 1. The van der Waals surface area contributed by atoms with E-state index in [0.717, 1.165) is 26.1 Å². The number of ether oxygens (including phenoxy) is 3. The molecule has 3 aromatic rings. The first-order chi connectivity index (χ1) is 23.4. The van der Waals surface area contributed by atoms with Crippen molar-refractivity contribution in [1.29, 1.82) is 0 Å². The van der Waals surface area contributed by atoms with Crippen molar-refractivity contribution >= 4 is 15.7 Å². The Bertz CT molecular complexity index is 1660. The van der Waals surface area contributed by atoms with Crippen LogP contribution in [0.5, 0.6) is 11.5 Å². The summed E-state index contributed by atoms with van der Waals surface area (Å²) >= 11 is 0. The summed E-state index contributed by atoms with van der Waals surface area (Å²) in [5.41, 5.74) is 1.52. The molecule has 0 bridgehead atoms. The third-order valence-corrected chi connectivity index (χ3v) is 11.9. The molecule has 2 heterocycles. The van der Waals surface area contributed by atoms with Crippen LogP contribution >= 0.6 is 0 Å². The molecule has 1 fully saturated rings. The third-order valence-electron chi connectivity index (χ3n) is 9.66. The van der Waals surface area contributed by atoms with Crippen molar-refractivity contribution in [3.05, 3.63) is 89.5 Å². The number of amides is 1. The van der Waals surface area contributed by atoms with Crippen LogP contribution in [0.4, 0.5) is 0 Å². The summed E-state index contributed by atoms with van der Waals surface area (Å²) in [5, 5.41) is 13.9. The Morgan fingerprint density at radius 2 is 1.82 bits per heavy atom. The Morgan fingerprint density at radius 1 is 1.04 bits per heavy atom. The second-order valence-corrected chi connectivity index (χ2v) is 16.5. The maximum Gasteiger partial charge on any atom is 0.224 e. The largest absolute Gasteiger partial charge is 0.497 e. The summed E-state index contributed by atoms with van der Waals surface area (Å²) in [6.45, 7) is 11.2.